The summed E-state index contributed by atoms with van der Waals surface area (Å²) in [5.41, 5.74) is 0.914. The van der Waals surface area contributed by atoms with Crippen molar-refractivity contribution in [3.63, 3.8) is 0 Å². The molecule has 2 N–H and O–H groups in total. The van der Waals surface area contributed by atoms with E-state index in [4.69, 9.17) is 4.52 Å². The number of aryl methyl sites for hydroxylation is 1. The maximum absolute atomic E-state index is 11.8. The fourth-order valence-electron chi connectivity index (χ4n) is 1.40. The molecule has 2 aromatic rings. The minimum absolute atomic E-state index is 0.219. The van der Waals surface area contributed by atoms with Crippen LogP contribution in [0.15, 0.2) is 22.7 Å². The number of nitrogens with zero attached hydrogens (tertiary/aromatic N) is 3. The summed E-state index contributed by atoms with van der Waals surface area (Å²) in [4.78, 5) is 11.8. The first-order valence-corrected chi connectivity index (χ1v) is 6.01. The molecule has 0 aliphatic carbocycles. The molecule has 0 aliphatic heterocycles. The SMILES string of the molecule is CCCNc1ccc(C(=O)Nc2cc(C)no2)nn1. The first-order chi connectivity index (χ1) is 9.19. The third-order valence-electron chi connectivity index (χ3n) is 2.32. The number of hydrogen-bond donors (Lipinski definition) is 2. The van der Waals surface area contributed by atoms with Crippen LogP contribution < -0.4 is 10.6 Å². The molecule has 0 bridgehead atoms. The zero-order valence-corrected chi connectivity index (χ0v) is 10.8. The van der Waals surface area contributed by atoms with Crippen molar-refractivity contribution in [2.75, 3.05) is 17.2 Å². The summed E-state index contributed by atoms with van der Waals surface area (Å²) in [5.74, 6) is 0.553. The molecule has 1 amide bonds. The average Bonchev–Trinajstić information content (AvgIpc) is 2.82. The highest BCUT2D eigenvalue weighted by molar-refractivity contribution is 6.01. The van der Waals surface area contributed by atoms with Gasteiger partial charge in [-0.2, -0.15) is 0 Å². The standard InChI is InChI=1S/C12H15N5O2/c1-3-6-13-10-5-4-9(15-16-10)12(18)14-11-7-8(2)17-19-11/h4-5,7H,3,6H2,1-2H3,(H,13,16)(H,14,18). The molecule has 0 spiro atoms. The molecular weight excluding hydrogens is 246 g/mol. The van der Waals surface area contributed by atoms with Gasteiger partial charge in [0.1, 0.15) is 5.82 Å². The quantitative estimate of drug-likeness (QED) is 0.853. The average molecular weight is 261 g/mol. The van der Waals surface area contributed by atoms with Crippen LogP contribution in [0.25, 0.3) is 0 Å². The second-order valence-electron chi connectivity index (χ2n) is 4.02. The molecule has 0 atom stereocenters. The summed E-state index contributed by atoms with van der Waals surface area (Å²) in [6.07, 6.45) is 0.995. The van der Waals surface area contributed by atoms with Gasteiger partial charge in [-0.25, -0.2) is 0 Å². The molecule has 0 saturated heterocycles. The van der Waals surface area contributed by atoms with Crippen molar-refractivity contribution >= 4 is 17.6 Å². The third kappa shape index (κ3) is 3.51. The molecule has 0 aromatic carbocycles. The molecule has 7 heteroatoms. The van der Waals surface area contributed by atoms with Crippen LogP contribution in [0.1, 0.15) is 29.5 Å². The predicted molar refractivity (Wildman–Crippen MR) is 70.0 cm³/mol. The van der Waals surface area contributed by atoms with Crippen molar-refractivity contribution in [3.8, 4) is 0 Å². The number of carbonyl (C=O) groups excluding carboxylic acids is 1. The monoisotopic (exact) mass is 261 g/mol. The second kappa shape index (κ2) is 5.94. The van der Waals surface area contributed by atoms with Crippen LogP contribution in [0.4, 0.5) is 11.7 Å². The molecule has 0 radical (unpaired) electrons. The van der Waals surface area contributed by atoms with E-state index in [9.17, 15) is 4.79 Å². The van der Waals surface area contributed by atoms with Gasteiger partial charge in [-0.3, -0.25) is 10.1 Å². The lowest BCUT2D eigenvalue weighted by Gasteiger charge is -2.03. The third-order valence-corrected chi connectivity index (χ3v) is 2.32. The van der Waals surface area contributed by atoms with Crippen molar-refractivity contribution in [2.45, 2.75) is 20.3 Å². The van der Waals surface area contributed by atoms with Crippen molar-refractivity contribution in [1.29, 1.82) is 0 Å². The van der Waals surface area contributed by atoms with Crippen LogP contribution in [0.2, 0.25) is 0 Å². The van der Waals surface area contributed by atoms with Crippen LogP contribution in [-0.2, 0) is 0 Å². The number of aromatic nitrogens is 3. The van der Waals surface area contributed by atoms with Gasteiger partial charge >= 0.3 is 0 Å². The Morgan fingerprint density at radius 2 is 2.21 bits per heavy atom. The van der Waals surface area contributed by atoms with Gasteiger partial charge < -0.3 is 9.84 Å². The number of nitrogens with one attached hydrogen (secondary N) is 2. The zero-order chi connectivity index (χ0) is 13.7. The smallest absolute Gasteiger partial charge is 0.278 e. The van der Waals surface area contributed by atoms with Gasteiger partial charge in [-0.1, -0.05) is 12.1 Å². The van der Waals surface area contributed by atoms with Crippen LogP contribution >= 0.6 is 0 Å². The summed E-state index contributed by atoms with van der Waals surface area (Å²) < 4.78 is 4.89. The Morgan fingerprint density at radius 1 is 1.37 bits per heavy atom. The Kier molecular flexibility index (Phi) is 4.07. The predicted octanol–water partition coefficient (Wildman–Crippen LogP) is 1.85. The van der Waals surface area contributed by atoms with E-state index in [0.717, 1.165) is 13.0 Å². The van der Waals surface area contributed by atoms with Gasteiger partial charge in [0, 0.05) is 12.6 Å². The van der Waals surface area contributed by atoms with Crippen LogP contribution in [-0.4, -0.2) is 27.8 Å². The summed E-state index contributed by atoms with van der Waals surface area (Å²) in [6, 6.07) is 4.94. The number of amides is 1. The highest BCUT2D eigenvalue weighted by Crippen LogP contribution is 2.10. The summed E-state index contributed by atoms with van der Waals surface area (Å²) >= 11 is 0. The number of carbonyl (C=O) groups is 1. The summed E-state index contributed by atoms with van der Waals surface area (Å²) in [5, 5.41) is 17.1. The molecule has 2 heterocycles. The molecule has 2 aromatic heterocycles. The fourth-order valence-corrected chi connectivity index (χ4v) is 1.40. The topological polar surface area (TPSA) is 92.9 Å². The van der Waals surface area contributed by atoms with Crippen LogP contribution in [0.5, 0.6) is 0 Å². The van der Waals surface area contributed by atoms with E-state index in [1.54, 1.807) is 25.1 Å². The second-order valence-corrected chi connectivity index (χ2v) is 4.02. The molecule has 0 saturated carbocycles. The highest BCUT2D eigenvalue weighted by atomic mass is 16.5. The van der Waals surface area contributed by atoms with Crippen molar-refractivity contribution in [3.05, 3.63) is 29.6 Å². The number of hydrogen-bond acceptors (Lipinski definition) is 6. The highest BCUT2D eigenvalue weighted by Gasteiger charge is 2.11. The summed E-state index contributed by atoms with van der Waals surface area (Å²) in [6.45, 7) is 4.65. The minimum atomic E-state index is -0.384. The summed E-state index contributed by atoms with van der Waals surface area (Å²) in [7, 11) is 0. The van der Waals surface area contributed by atoms with Crippen molar-refractivity contribution in [1.82, 2.24) is 15.4 Å². The first kappa shape index (κ1) is 13.0. The lowest BCUT2D eigenvalue weighted by Crippen LogP contribution is -2.14. The van der Waals surface area contributed by atoms with E-state index in [1.165, 1.54) is 0 Å². The van der Waals surface area contributed by atoms with Crippen LogP contribution in [0.3, 0.4) is 0 Å². The molecular formula is C12H15N5O2. The fraction of sp³-hybridized carbons (Fsp3) is 0.333. The van der Waals surface area contributed by atoms with Gasteiger partial charge in [0.15, 0.2) is 5.69 Å². The van der Waals surface area contributed by atoms with Gasteiger partial charge in [-0.05, 0) is 25.5 Å². The Bertz CT molecular complexity index is 550. The Balaban J connectivity index is 1.99. The molecule has 0 unspecified atom stereocenters. The lowest BCUT2D eigenvalue weighted by atomic mass is 10.3. The minimum Gasteiger partial charge on any atom is -0.369 e. The van der Waals surface area contributed by atoms with E-state index in [0.29, 0.717) is 11.5 Å². The van der Waals surface area contributed by atoms with Gasteiger partial charge in [-0.15, -0.1) is 10.2 Å². The molecule has 19 heavy (non-hydrogen) atoms. The Hall–Kier alpha value is -2.44. The molecule has 100 valence electrons. The van der Waals surface area contributed by atoms with Gasteiger partial charge in [0.25, 0.3) is 5.91 Å². The molecule has 0 fully saturated rings. The first-order valence-electron chi connectivity index (χ1n) is 6.01. The van der Waals surface area contributed by atoms with Crippen LogP contribution in [0, 0.1) is 6.92 Å². The van der Waals surface area contributed by atoms with Crippen molar-refractivity contribution in [2.24, 2.45) is 0 Å². The van der Waals surface area contributed by atoms with E-state index in [-0.39, 0.29) is 17.5 Å². The van der Waals surface area contributed by atoms with E-state index >= 15 is 0 Å². The maximum Gasteiger partial charge on any atom is 0.278 e. The normalized spacial score (nSPS) is 10.2. The van der Waals surface area contributed by atoms with E-state index in [2.05, 4.69) is 32.9 Å². The largest absolute Gasteiger partial charge is 0.369 e. The molecule has 0 aliphatic rings. The van der Waals surface area contributed by atoms with Gasteiger partial charge in [0.2, 0.25) is 5.88 Å². The lowest BCUT2D eigenvalue weighted by molar-refractivity contribution is 0.101. The zero-order valence-electron chi connectivity index (χ0n) is 10.8. The van der Waals surface area contributed by atoms with E-state index < -0.39 is 0 Å². The number of anilines is 2. The Morgan fingerprint density at radius 3 is 2.79 bits per heavy atom. The molecule has 7 nitrogen and oxygen atoms in total. The van der Waals surface area contributed by atoms with E-state index in [1.807, 2.05) is 0 Å². The number of rotatable bonds is 5. The Labute approximate surface area is 110 Å². The van der Waals surface area contributed by atoms with Gasteiger partial charge in [0.05, 0.1) is 5.69 Å². The molecule has 2 rings (SSSR count). The van der Waals surface area contributed by atoms with Crippen molar-refractivity contribution < 1.29 is 9.32 Å². The maximum atomic E-state index is 11.8.